The molecule has 0 radical (unpaired) electrons. The van der Waals surface area contributed by atoms with Crippen LogP contribution in [-0.2, 0) is 4.74 Å². The summed E-state index contributed by atoms with van der Waals surface area (Å²) in [5.74, 6) is 3.36. The smallest absolute Gasteiger partial charge is 0.0590 e. The minimum atomic E-state index is 0.241. The summed E-state index contributed by atoms with van der Waals surface area (Å²) >= 11 is 2.05. The highest BCUT2D eigenvalue weighted by molar-refractivity contribution is 7.99. The van der Waals surface area contributed by atoms with Crippen molar-refractivity contribution in [2.75, 3.05) is 38.3 Å². The molecule has 1 heterocycles. The zero-order chi connectivity index (χ0) is 12.3. The maximum absolute atomic E-state index is 6.10. The molecule has 0 aromatic carbocycles. The lowest BCUT2D eigenvalue weighted by Gasteiger charge is -2.44. The number of hydrogen-bond acceptors (Lipinski definition) is 4. The fourth-order valence-electron chi connectivity index (χ4n) is 3.00. The van der Waals surface area contributed by atoms with E-state index in [0.717, 1.165) is 25.6 Å². The van der Waals surface area contributed by atoms with Gasteiger partial charge in [-0.1, -0.05) is 0 Å². The van der Waals surface area contributed by atoms with Crippen LogP contribution < -0.4 is 5.73 Å². The van der Waals surface area contributed by atoms with Gasteiger partial charge in [-0.05, 0) is 37.9 Å². The monoisotopic (exact) mass is 258 g/mol. The van der Waals surface area contributed by atoms with Crippen molar-refractivity contribution in [2.24, 2.45) is 11.7 Å². The van der Waals surface area contributed by atoms with Gasteiger partial charge in [0.05, 0.1) is 6.61 Å². The lowest BCUT2D eigenvalue weighted by atomic mass is 9.93. The highest BCUT2D eigenvalue weighted by Crippen LogP contribution is 2.41. The van der Waals surface area contributed by atoms with E-state index in [1.807, 2.05) is 0 Å². The Balaban J connectivity index is 2.06. The minimum absolute atomic E-state index is 0.241. The molecular formula is C13H26N2OS. The summed E-state index contributed by atoms with van der Waals surface area (Å²) < 4.78 is 5.28. The predicted octanol–water partition coefficient (Wildman–Crippen LogP) is 1.57. The first-order chi connectivity index (χ1) is 8.23. The van der Waals surface area contributed by atoms with Crippen LogP contribution in [0.5, 0.6) is 0 Å². The van der Waals surface area contributed by atoms with Crippen LogP contribution in [0.15, 0.2) is 0 Å². The molecule has 1 saturated carbocycles. The maximum Gasteiger partial charge on any atom is 0.0590 e. The molecule has 1 aliphatic heterocycles. The molecule has 1 saturated heterocycles. The fraction of sp³-hybridized carbons (Fsp3) is 1.00. The second-order valence-corrected chi connectivity index (χ2v) is 6.60. The Morgan fingerprint density at radius 3 is 2.76 bits per heavy atom. The number of methoxy groups -OCH3 is 1. The zero-order valence-corrected chi connectivity index (χ0v) is 12.0. The first kappa shape index (κ1) is 13.7. The molecular weight excluding hydrogens is 232 g/mol. The lowest BCUT2D eigenvalue weighted by molar-refractivity contribution is 0.0354. The van der Waals surface area contributed by atoms with Crippen molar-refractivity contribution in [3.63, 3.8) is 0 Å². The van der Waals surface area contributed by atoms with E-state index in [0.29, 0.717) is 6.04 Å². The predicted molar refractivity (Wildman–Crippen MR) is 74.5 cm³/mol. The van der Waals surface area contributed by atoms with Gasteiger partial charge in [-0.25, -0.2) is 0 Å². The van der Waals surface area contributed by atoms with Gasteiger partial charge < -0.3 is 10.5 Å². The number of ether oxygens (including phenoxy) is 1. The summed E-state index contributed by atoms with van der Waals surface area (Å²) in [6, 6.07) is 0.674. The molecule has 0 aromatic rings. The van der Waals surface area contributed by atoms with Gasteiger partial charge in [0.1, 0.15) is 0 Å². The molecule has 2 fully saturated rings. The average molecular weight is 258 g/mol. The normalized spacial score (nSPS) is 31.1. The van der Waals surface area contributed by atoms with E-state index in [-0.39, 0.29) is 5.54 Å². The van der Waals surface area contributed by atoms with E-state index in [4.69, 9.17) is 10.5 Å². The molecule has 1 aliphatic carbocycles. The maximum atomic E-state index is 6.10. The molecule has 17 heavy (non-hydrogen) atoms. The van der Waals surface area contributed by atoms with E-state index in [2.05, 4.69) is 23.6 Å². The second kappa shape index (κ2) is 5.91. The van der Waals surface area contributed by atoms with Crippen molar-refractivity contribution >= 4 is 11.8 Å². The highest BCUT2D eigenvalue weighted by Gasteiger charge is 2.44. The van der Waals surface area contributed by atoms with E-state index < -0.39 is 0 Å². The first-order valence-electron chi connectivity index (χ1n) is 6.77. The molecule has 2 rings (SSSR count). The van der Waals surface area contributed by atoms with Gasteiger partial charge in [0.25, 0.3) is 0 Å². The third kappa shape index (κ3) is 2.98. The van der Waals surface area contributed by atoms with Crippen LogP contribution in [0.1, 0.15) is 26.2 Å². The first-order valence-corrected chi connectivity index (χ1v) is 7.92. The number of hydrogen-bond donors (Lipinski definition) is 1. The molecule has 0 amide bonds. The summed E-state index contributed by atoms with van der Waals surface area (Å²) in [4.78, 5) is 2.66. The van der Waals surface area contributed by atoms with Crippen molar-refractivity contribution < 1.29 is 4.74 Å². The van der Waals surface area contributed by atoms with Gasteiger partial charge in [0.2, 0.25) is 0 Å². The van der Waals surface area contributed by atoms with Crippen LogP contribution in [-0.4, -0.2) is 54.8 Å². The summed E-state index contributed by atoms with van der Waals surface area (Å²) in [5.41, 5.74) is 6.35. The van der Waals surface area contributed by atoms with Crippen LogP contribution >= 0.6 is 11.8 Å². The summed E-state index contributed by atoms with van der Waals surface area (Å²) in [6.45, 7) is 5.03. The highest BCUT2D eigenvalue weighted by atomic mass is 32.2. The van der Waals surface area contributed by atoms with Crippen LogP contribution in [0.25, 0.3) is 0 Å². The topological polar surface area (TPSA) is 38.5 Å². The summed E-state index contributed by atoms with van der Waals surface area (Å²) in [6.07, 6.45) is 4.05. The van der Waals surface area contributed by atoms with Crippen LogP contribution in [0, 0.1) is 5.92 Å². The number of rotatable bonds is 7. The van der Waals surface area contributed by atoms with Gasteiger partial charge >= 0.3 is 0 Å². The van der Waals surface area contributed by atoms with E-state index in [9.17, 15) is 0 Å². The Morgan fingerprint density at radius 1 is 1.53 bits per heavy atom. The van der Waals surface area contributed by atoms with E-state index >= 15 is 0 Å². The molecule has 0 spiro atoms. The molecule has 2 unspecified atom stereocenters. The molecule has 3 nitrogen and oxygen atoms in total. The molecule has 2 N–H and O–H groups in total. The third-order valence-corrected chi connectivity index (χ3v) is 5.64. The Bertz CT molecular complexity index is 240. The summed E-state index contributed by atoms with van der Waals surface area (Å²) in [5, 5.41) is 0. The number of nitrogens with zero attached hydrogens (tertiary/aromatic N) is 1. The summed E-state index contributed by atoms with van der Waals surface area (Å²) in [7, 11) is 1.79. The molecule has 100 valence electrons. The van der Waals surface area contributed by atoms with Gasteiger partial charge in [-0.3, -0.25) is 4.90 Å². The average Bonchev–Trinajstić information content (AvgIpc) is 3.09. The molecule has 0 bridgehead atoms. The van der Waals surface area contributed by atoms with Crippen molar-refractivity contribution in [3.8, 4) is 0 Å². The van der Waals surface area contributed by atoms with Crippen molar-refractivity contribution in [1.29, 1.82) is 0 Å². The van der Waals surface area contributed by atoms with Crippen LogP contribution in [0.2, 0.25) is 0 Å². The van der Waals surface area contributed by atoms with E-state index in [1.54, 1.807) is 7.11 Å². The van der Waals surface area contributed by atoms with Crippen molar-refractivity contribution in [3.05, 3.63) is 0 Å². The Labute approximate surface area is 109 Å². The Kier molecular flexibility index (Phi) is 4.75. The largest absolute Gasteiger partial charge is 0.383 e. The van der Waals surface area contributed by atoms with Crippen molar-refractivity contribution in [2.45, 2.75) is 37.8 Å². The van der Waals surface area contributed by atoms with E-state index in [1.165, 1.54) is 30.8 Å². The van der Waals surface area contributed by atoms with Crippen LogP contribution in [0.3, 0.4) is 0 Å². The number of nitrogens with two attached hydrogens (primary N) is 1. The number of thioether (sulfide) groups is 1. The van der Waals surface area contributed by atoms with Crippen molar-refractivity contribution in [1.82, 2.24) is 4.90 Å². The van der Waals surface area contributed by atoms with Gasteiger partial charge in [0.15, 0.2) is 0 Å². The zero-order valence-electron chi connectivity index (χ0n) is 11.2. The lowest BCUT2D eigenvalue weighted by Crippen LogP contribution is -2.58. The fourth-order valence-corrected chi connectivity index (χ4v) is 4.47. The quantitative estimate of drug-likeness (QED) is 0.752. The Morgan fingerprint density at radius 2 is 2.29 bits per heavy atom. The van der Waals surface area contributed by atoms with Gasteiger partial charge in [-0.2, -0.15) is 11.8 Å². The standard InChI is InChI=1S/C13H26N2OS/c1-11(12-3-4-12)15(6-7-16-2)13(9-14)5-8-17-10-13/h11-12H,3-10,14H2,1-2H3. The molecule has 4 heteroatoms. The Hall–Kier alpha value is 0.230. The van der Waals surface area contributed by atoms with Gasteiger partial charge in [0, 0.05) is 37.5 Å². The SMILES string of the molecule is COCCN(C(C)C1CC1)C1(CN)CCSC1. The minimum Gasteiger partial charge on any atom is -0.383 e. The molecule has 2 aliphatic rings. The van der Waals surface area contributed by atoms with Gasteiger partial charge in [-0.15, -0.1) is 0 Å². The second-order valence-electron chi connectivity index (χ2n) is 5.50. The third-order valence-electron chi connectivity index (χ3n) is 4.40. The van der Waals surface area contributed by atoms with Crippen LogP contribution in [0.4, 0.5) is 0 Å². The molecule has 2 atom stereocenters. The molecule has 0 aromatic heterocycles.